The standard InChI is InChI=1S/C15H23N3O2/c1-2-3-7-10-17-15(20)18-12-11-16-14(19)13-8-5-4-6-9-13/h4-6,8-9H,2-3,7,10-12H2,1H3,(H,16,19)(H2,17,18,20). The van der Waals surface area contributed by atoms with Crippen LogP contribution < -0.4 is 16.0 Å². The normalized spacial score (nSPS) is 9.85. The molecule has 0 saturated carbocycles. The van der Waals surface area contributed by atoms with Crippen LogP contribution in [0.4, 0.5) is 4.79 Å². The van der Waals surface area contributed by atoms with Gasteiger partial charge in [-0.15, -0.1) is 0 Å². The summed E-state index contributed by atoms with van der Waals surface area (Å²) >= 11 is 0. The minimum Gasteiger partial charge on any atom is -0.350 e. The highest BCUT2D eigenvalue weighted by Crippen LogP contribution is 1.97. The Kier molecular flexibility index (Phi) is 7.87. The molecule has 0 aliphatic heterocycles. The van der Waals surface area contributed by atoms with Gasteiger partial charge in [-0.2, -0.15) is 0 Å². The van der Waals surface area contributed by atoms with E-state index in [-0.39, 0.29) is 11.9 Å². The zero-order valence-corrected chi connectivity index (χ0v) is 11.9. The van der Waals surface area contributed by atoms with Crippen molar-refractivity contribution in [3.05, 3.63) is 35.9 Å². The first-order valence-corrected chi connectivity index (χ1v) is 7.09. The summed E-state index contributed by atoms with van der Waals surface area (Å²) in [6, 6.07) is 8.82. The third-order valence-electron chi connectivity index (χ3n) is 2.80. The van der Waals surface area contributed by atoms with Crippen molar-refractivity contribution in [3.63, 3.8) is 0 Å². The van der Waals surface area contributed by atoms with Crippen LogP contribution in [0.15, 0.2) is 30.3 Å². The van der Waals surface area contributed by atoms with Gasteiger partial charge >= 0.3 is 6.03 Å². The van der Waals surface area contributed by atoms with Crippen LogP contribution in [0, 0.1) is 0 Å². The summed E-state index contributed by atoms with van der Waals surface area (Å²) in [6.07, 6.45) is 3.25. The van der Waals surface area contributed by atoms with Crippen LogP contribution in [-0.2, 0) is 0 Å². The smallest absolute Gasteiger partial charge is 0.314 e. The maximum atomic E-state index is 11.7. The number of urea groups is 1. The molecule has 1 aromatic rings. The molecule has 110 valence electrons. The van der Waals surface area contributed by atoms with Gasteiger partial charge in [-0.05, 0) is 18.6 Å². The summed E-state index contributed by atoms with van der Waals surface area (Å²) in [6.45, 7) is 3.64. The largest absolute Gasteiger partial charge is 0.350 e. The molecule has 0 unspecified atom stereocenters. The second-order valence-electron chi connectivity index (χ2n) is 4.51. The second-order valence-corrected chi connectivity index (χ2v) is 4.51. The summed E-state index contributed by atoms with van der Waals surface area (Å²) in [5, 5.41) is 8.23. The van der Waals surface area contributed by atoms with Gasteiger partial charge in [0.2, 0.25) is 0 Å². The molecule has 0 saturated heterocycles. The highest BCUT2D eigenvalue weighted by molar-refractivity contribution is 5.94. The van der Waals surface area contributed by atoms with Crippen LogP contribution in [0.3, 0.4) is 0 Å². The molecular weight excluding hydrogens is 254 g/mol. The predicted octanol–water partition coefficient (Wildman–Crippen LogP) is 1.91. The van der Waals surface area contributed by atoms with E-state index in [2.05, 4.69) is 22.9 Å². The average Bonchev–Trinajstić information content (AvgIpc) is 2.49. The highest BCUT2D eigenvalue weighted by Gasteiger charge is 2.03. The number of unbranched alkanes of at least 4 members (excludes halogenated alkanes) is 2. The lowest BCUT2D eigenvalue weighted by molar-refractivity contribution is 0.0954. The van der Waals surface area contributed by atoms with Crippen LogP contribution in [0.2, 0.25) is 0 Å². The minimum absolute atomic E-state index is 0.129. The Bertz CT molecular complexity index is 407. The number of amides is 3. The molecule has 5 heteroatoms. The number of benzene rings is 1. The monoisotopic (exact) mass is 277 g/mol. The first-order valence-electron chi connectivity index (χ1n) is 7.09. The molecule has 0 heterocycles. The minimum atomic E-state index is -0.185. The topological polar surface area (TPSA) is 70.2 Å². The van der Waals surface area contributed by atoms with E-state index < -0.39 is 0 Å². The van der Waals surface area contributed by atoms with Gasteiger partial charge in [0.1, 0.15) is 0 Å². The van der Waals surface area contributed by atoms with E-state index in [1.807, 2.05) is 18.2 Å². The Morgan fingerprint density at radius 1 is 0.900 bits per heavy atom. The van der Waals surface area contributed by atoms with Crippen molar-refractivity contribution in [1.29, 1.82) is 0 Å². The Labute approximate surface area is 120 Å². The number of rotatable bonds is 8. The molecule has 0 radical (unpaired) electrons. The van der Waals surface area contributed by atoms with Gasteiger partial charge < -0.3 is 16.0 Å². The number of carbonyl (C=O) groups is 2. The van der Waals surface area contributed by atoms with E-state index >= 15 is 0 Å². The first kappa shape index (κ1) is 16.0. The predicted molar refractivity (Wildman–Crippen MR) is 79.7 cm³/mol. The maximum absolute atomic E-state index is 11.7. The Morgan fingerprint density at radius 2 is 1.55 bits per heavy atom. The Balaban J connectivity index is 2.07. The van der Waals surface area contributed by atoms with Crippen LogP contribution >= 0.6 is 0 Å². The van der Waals surface area contributed by atoms with E-state index in [0.717, 1.165) is 19.3 Å². The van der Waals surface area contributed by atoms with Crippen LogP contribution in [0.5, 0.6) is 0 Å². The van der Waals surface area contributed by atoms with E-state index in [9.17, 15) is 9.59 Å². The molecule has 0 aliphatic rings. The van der Waals surface area contributed by atoms with Gasteiger partial charge in [0.25, 0.3) is 5.91 Å². The van der Waals surface area contributed by atoms with Crippen molar-refractivity contribution < 1.29 is 9.59 Å². The fourth-order valence-corrected chi connectivity index (χ4v) is 1.68. The van der Waals surface area contributed by atoms with Crippen molar-refractivity contribution in [2.75, 3.05) is 19.6 Å². The van der Waals surface area contributed by atoms with Crippen molar-refractivity contribution in [2.45, 2.75) is 26.2 Å². The summed E-state index contributed by atoms with van der Waals surface area (Å²) < 4.78 is 0. The molecule has 0 aromatic heterocycles. The van der Waals surface area contributed by atoms with Gasteiger partial charge in [-0.25, -0.2) is 4.79 Å². The van der Waals surface area contributed by atoms with Crippen molar-refractivity contribution in [3.8, 4) is 0 Å². The van der Waals surface area contributed by atoms with E-state index in [4.69, 9.17) is 0 Å². The number of nitrogens with one attached hydrogen (secondary N) is 3. The lowest BCUT2D eigenvalue weighted by atomic mass is 10.2. The zero-order chi connectivity index (χ0) is 14.6. The van der Waals surface area contributed by atoms with E-state index in [1.165, 1.54) is 0 Å². The van der Waals surface area contributed by atoms with Gasteiger partial charge in [0.05, 0.1) is 0 Å². The number of carbonyl (C=O) groups excluding carboxylic acids is 2. The third kappa shape index (κ3) is 6.78. The Hall–Kier alpha value is -2.04. The van der Waals surface area contributed by atoms with E-state index in [1.54, 1.807) is 12.1 Å². The second kappa shape index (κ2) is 9.83. The molecule has 0 bridgehead atoms. The van der Waals surface area contributed by atoms with Gasteiger partial charge in [-0.1, -0.05) is 38.0 Å². The molecule has 0 fully saturated rings. The van der Waals surface area contributed by atoms with Crippen molar-refractivity contribution in [2.24, 2.45) is 0 Å². The summed E-state index contributed by atoms with van der Waals surface area (Å²) in [4.78, 5) is 23.1. The van der Waals surface area contributed by atoms with Crippen molar-refractivity contribution >= 4 is 11.9 Å². The zero-order valence-electron chi connectivity index (χ0n) is 11.9. The average molecular weight is 277 g/mol. The van der Waals surface area contributed by atoms with E-state index in [0.29, 0.717) is 25.2 Å². The molecule has 0 aliphatic carbocycles. The SMILES string of the molecule is CCCCCNC(=O)NCCNC(=O)c1ccccc1. The fourth-order valence-electron chi connectivity index (χ4n) is 1.68. The van der Waals surface area contributed by atoms with Crippen molar-refractivity contribution in [1.82, 2.24) is 16.0 Å². The summed E-state index contributed by atoms with van der Waals surface area (Å²) in [7, 11) is 0. The summed E-state index contributed by atoms with van der Waals surface area (Å²) in [5.74, 6) is -0.129. The highest BCUT2D eigenvalue weighted by atomic mass is 16.2. The van der Waals surface area contributed by atoms with Gasteiger partial charge in [0, 0.05) is 25.2 Å². The Morgan fingerprint density at radius 3 is 2.25 bits per heavy atom. The van der Waals surface area contributed by atoms with Gasteiger partial charge in [0.15, 0.2) is 0 Å². The quantitative estimate of drug-likeness (QED) is 0.635. The van der Waals surface area contributed by atoms with Crippen LogP contribution in [0.1, 0.15) is 36.5 Å². The van der Waals surface area contributed by atoms with Gasteiger partial charge in [-0.3, -0.25) is 4.79 Å². The summed E-state index contributed by atoms with van der Waals surface area (Å²) in [5.41, 5.74) is 0.622. The first-order chi connectivity index (χ1) is 9.74. The number of hydrogen-bond acceptors (Lipinski definition) is 2. The number of hydrogen-bond donors (Lipinski definition) is 3. The maximum Gasteiger partial charge on any atom is 0.314 e. The molecule has 3 N–H and O–H groups in total. The molecule has 1 rings (SSSR count). The lowest BCUT2D eigenvalue weighted by Gasteiger charge is -2.08. The fraction of sp³-hybridized carbons (Fsp3) is 0.467. The van der Waals surface area contributed by atoms with Crippen LogP contribution in [0.25, 0.3) is 0 Å². The molecule has 5 nitrogen and oxygen atoms in total. The lowest BCUT2D eigenvalue weighted by Crippen LogP contribution is -2.40. The van der Waals surface area contributed by atoms with Crippen LogP contribution in [-0.4, -0.2) is 31.6 Å². The molecule has 20 heavy (non-hydrogen) atoms. The third-order valence-corrected chi connectivity index (χ3v) is 2.80. The molecule has 3 amide bonds. The molecule has 0 spiro atoms. The molecular formula is C15H23N3O2. The molecule has 1 aromatic carbocycles. The molecule has 0 atom stereocenters.